The van der Waals surface area contributed by atoms with Crippen molar-refractivity contribution < 1.29 is 38.8 Å². The lowest BCUT2D eigenvalue weighted by Crippen LogP contribution is -2.48. The van der Waals surface area contributed by atoms with Crippen molar-refractivity contribution in [2.45, 2.75) is 76.3 Å². The first-order valence-corrected chi connectivity index (χ1v) is 17.3. The van der Waals surface area contributed by atoms with E-state index >= 15 is 0 Å². The van der Waals surface area contributed by atoms with E-state index in [4.69, 9.17) is 14.2 Å². The number of aliphatic hydroxyl groups is 2. The van der Waals surface area contributed by atoms with E-state index in [1.165, 1.54) is 0 Å². The molecule has 0 radical (unpaired) electrons. The predicted octanol–water partition coefficient (Wildman–Crippen LogP) is 3.74. The van der Waals surface area contributed by atoms with Crippen LogP contribution in [-0.2, 0) is 38.3 Å². The second-order valence-electron chi connectivity index (χ2n) is 14.1. The van der Waals surface area contributed by atoms with E-state index in [9.17, 15) is 24.6 Å². The molecule has 268 valence electrons. The molecule has 50 heavy (non-hydrogen) atoms. The standard InChI is InChI=1S/C39H49N3O8/c1-39(2,3)50-38(47)40-32(22-26-9-5-4-6-10-26)33(43)24-29(37(46)41-36-31-12-8-7-11-28(31)23-34(36)44)21-27-13-15-30(16-14-27)48-19-17-42-18-20-49-35(45)25-42/h4-16,29,32-34,36,43-44H,17-25H2,1-3H3,(H,40,47)(H,41,46)/t29?,32?,33?,34-,36-/m0/s1. The van der Waals surface area contributed by atoms with Crippen molar-refractivity contribution in [3.8, 4) is 5.75 Å². The lowest BCUT2D eigenvalue weighted by atomic mass is 9.88. The monoisotopic (exact) mass is 687 g/mol. The van der Waals surface area contributed by atoms with E-state index < -0.39 is 41.9 Å². The van der Waals surface area contributed by atoms with E-state index in [0.29, 0.717) is 51.3 Å². The maximum atomic E-state index is 14.1. The van der Waals surface area contributed by atoms with Crippen LogP contribution in [0.3, 0.4) is 0 Å². The second-order valence-corrected chi connectivity index (χ2v) is 14.1. The highest BCUT2D eigenvalue weighted by atomic mass is 16.6. The number of rotatable bonds is 14. The number of nitrogens with zero attached hydrogens (tertiary/aromatic N) is 1. The van der Waals surface area contributed by atoms with Crippen LogP contribution >= 0.6 is 0 Å². The molecule has 0 aromatic heterocycles. The van der Waals surface area contributed by atoms with Gasteiger partial charge in [0.1, 0.15) is 24.6 Å². The van der Waals surface area contributed by atoms with Gasteiger partial charge in [0, 0.05) is 25.4 Å². The number of esters is 1. The first-order chi connectivity index (χ1) is 23.9. The molecule has 0 spiro atoms. The third-order valence-corrected chi connectivity index (χ3v) is 8.97. The number of ether oxygens (including phenoxy) is 3. The zero-order valence-corrected chi connectivity index (χ0v) is 29.0. The summed E-state index contributed by atoms with van der Waals surface area (Å²) < 4.78 is 16.4. The number of nitrogens with one attached hydrogen (secondary N) is 2. The molecule has 4 N–H and O–H groups in total. The minimum Gasteiger partial charge on any atom is -0.492 e. The Morgan fingerprint density at radius 3 is 2.40 bits per heavy atom. The van der Waals surface area contributed by atoms with E-state index in [0.717, 1.165) is 22.3 Å². The lowest BCUT2D eigenvalue weighted by Gasteiger charge is -2.30. The van der Waals surface area contributed by atoms with Crippen LogP contribution in [0.15, 0.2) is 78.9 Å². The van der Waals surface area contributed by atoms with E-state index in [-0.39, 0.29) is 24.8 Å². The summed E-state index contributed by atoms with van der Waals surface area (Å²) in [7, 11) is 0. The van der Waals surface area contributed by atoms with Gasteiger partial charge in [-0.3, -0.25) is 14.5 Å². The van der Waals surface area contributed by atoms with Gasteiger partial charge in [0.2, 0.25) is 5.91 Å². The summed E-state index contributed by atoms with van der Waals surface area (Å²) in [5.74, 6) is -0.581. The highest BCUT2D eigenvalue weighted by Crippen LogP contribution is 2.32. The normalized spacial score (nSPS) is 19.4. The molecule has 3 aromatic rings. The molecular formula is C39H49N3O8. The molecule has 5 atom stereocenters. The number of aliphatic hydroxyl groups excluding tert-OH is 2. The minimum absolute atomic E-state index is 0.0418. The topological polar surface area (TPSA) is 147 Å². The number of carbonyl (C=O) groups is 3. The number of cyclic esters (lactones) is 1. The molecule has 2 amide bonds. The summed E-state index contributed by atoms with van der Waals surface area (Å²) >= 11 is 0. The molecule has 1 fully saturated rings. The zero-order valence-electron chi connectivity index (χ0n) is 29.0. The Morgan fingerprint density at radius 2 is 1.68 bits per heavy atom. The number of amides is 2. The minimum atomic E-state index is -1.10. The van der Waals surface area contributed by atoms with Crippen molar-refractivity contribution in [3.63, 3.8) is 0 Å². The molecular weight excluding hydrogens is 638 g/mol. The fourth-order valence-corrected chi connectivity index (χ4v) is 6.45. The van der Waals surface area contributed by atoms with E-state index in [1.54, 1.807) is 20.8 Å². The van der Waals surface area contributed by atoms with E-state index in [1.807, 2.05) is 83.8 Å². The maximum absolute atomic E-state index is 14.1. The first kappa shape index (κ1) is 36.8. The van der Waals surface area contributed by atoms with Gasteiger partial charge in [0.05, 0.1) is 30.8 Å². The van der Waals surface area contributed by atoms with Crippen molar-refractivity contribution in [2.75, 3.05) is 32.8 Å². The third-order valence-electron chi connectivity index (χ3n) is 8.97. The molecule has 0 bridgehead atoms. The number of carbonyl (C=O) groups excluding carboxylic acids is 3. The molecule has 1 heterocycles. The highest BCUT2D eigenvalue weighted by molar-refractivity contribution is 5.80. The Morgan fingerprint density at radius 1 is 0.980 bits per heavy atom. The number of benzene rings is 3. The Balaban J connectivity index is 1.30. The summed E-state index contributed by atoms with van der Waals surface area (Å²) in [5.41, 5.74) is 2.90. The zero-order chi connectivity index (χ0) is 35.7. The van der Waals surface area contributed by atoms with Crippen molar-refractivity contribution in [3.05, 3.63) is 101 Å². The van der Waals surface area contributed by atoms with Crippen molar-refractivity contribution in [1.82, 2.24) is 15.5 Å². The SMILES string of the molecule is CC(C)(C)OC(=O)NC(Cc1ccccc1)C(O)CC(Cc1ccc(OCCN2CCOC(=O)C2)cc1)C(=O)N[C@H]1c2ccccc2C[C@@H]1O. The molecule has 3 aromatic carbocycles. The van der Waals surface area contributed by atoms with Gasteiger partial charge >= 0.3 is 12.1 Å². The van der Waals surface area contributed by atoms with Crippen molar-refractivity contribution in [1.29, 1.82) is 0 Å². The van der Waals surface area contributed by atoms with Crippen LogP contribution in [0.2, 0.25) is 0 Å². The van der Waals surface area contributed by atoms with E-state index in [2.05, 4.69) is 10.6 Å². The average molecular weight is 688 g/mol. The molecule has 11 nitrogen and oxygen atoms in total. The number of hydrogen-bond donors (Lipinski definition) is 4. The lowest BCUT2D eigenvalue weighted by molar-refractivity contribution is -0.150. The molecule has 5 rings (SSSR count). The van der Waals surface area contributed by atoms with Gasteiger partial charge in [-0.25, -0.2) is 4.79 Å². The van der Waals surface area contributed by atoms with Crippen LogP contribution in [0.4, 0.5) is 4.79 Å². The smallest absolute Gasteiger partial charge is 0.407 e. The maximum Gasteiger partial charge on any atom is 0.407 e. The summed E-state index contributed by atoms with van der Waals surface area (Å²) in [4.78, 5) is 40.5. The summed E-state index contributed by atoms with van der Waals surface area (Å²) in [6, 6.07) is 23.3. The predicted molar refractivity (Wildman–Crippen MR) is 187 cm³/mol. The van der Waals surface area contributed by atoms with Crippen LogP contribution in [0.5, 0.6) is 5.75 Å². The summed E-state index contributed by atoms with van der Waals surface area (Å²) in [5, 5.41) is 28.5. The number of fused-ring (bicyclic) bond motifs is 1. The number of hydrogen-bond acceptors (Lipinski definition) is 9. The molecule has 1 aliphatic heterocycles. The molecule has 11 heteroatoms. The Hall–Kier alpha value is -4.45. The van der Waals surface area contributed by atoms with Crippen molar-refractivity contribution >= 4 is 18.0 Å². The molecule has 0 saturated carbocycles. The van der Waals surface area contributed by atoms with Crippen LogP contribution in [0.25, 0.3) is 0 Å². The van der Waals surface area contributed by atoms with Crippen molar-refractivity contribution in [2.24, 2.45) is 5.92 Å². The number of morpholine rings is 1. The first-order valence-electron chi connectivity index (χ1n) is 17.3. The average Bonchev–Trinajstić information content (AvgIpc) is 3.38. The Bertz CT molecular complexity index is 1580. The summed E-state index contributed by atoms with van der Waals surface area (Å²) in [6.45, 7) is 7.62. The summed E-state index contributed by atoms with van der Waals surface area (Å²) in [6.07, 6.45) is -1.41. The Labute approximate surface area is 293 Å². The quantitative estimate of drug-likeness (QED) is 0.186. The van der Waals surface area contributed by atoms with Crippen LogP contribution in [0.1, 0.15) is 55.5 Å². The van der Waals surface area contributed by atoms with Crippen LogP contribution in [0, 0.1) is 5.92 Å². The van der Waals surface area contributed by atoms with Gasteiger partial charge < -0.3 is 35.1 Å². The molecule has 1 aliphatic carbocycles. The van der Waals surface area contributed by atoms with Gasteiger partial charge in [0.15, 0.2) is 0 Å². The molecule has 2 aliphatic rings. The third kappa shape index (κ3) is 10.8. The Kier molecular flexibility index (Phi) is 12.5. The van der Waals surface area contributed by atoms with Crippen LogP contribution < -0.4 is 15.4 Å². The molecule has 3 unspecified atom stereocenters. The largest absolute Gasteiger partial charge is 0.492 e. The molecule has 1 saturated heterocycles. The fourth-order valence-electron chi connectivity index (χ4n) is 6.45. The van der Waals surface area contributed by atoms with Gasteiger partial charge in [-0.15, -0.1) is 0 Å². The van der Waals surface area contributed by atoms with Gasteiger partial charge in [-0.2, -0.15) is 0 Å². The van der Waals surface area contributed by atoms with Gasteiger partial charge in [0.25, 0.3) is 0 Å². The van der Waals surface area contributed by atoms with Gasteiger partial charge in [-0.05, 0) is 74.4 Å². The van der Waals surface area contributed by atoms with Crippen LogP contribution in [-0.4, -0.2) is 89.8 Å². The second kappa shape index (κ2) is 17.0. The fraction of sp³-hybridized carbons (Fsp3) is 0.462. The highest BCUT2D eigenvalue weighted by Gasteiger charge is 2.35. The number of alkyl carbamates (subject to hydrolysis) is 1. The van der Waals surface area contributed by atoms with Gasteiger partial charge in [-0.1, -0.05) is 66.7 Å².